The van der Waals surface area contributed by atoms with Gasteiger partial charge in [-0.15, -0.1) is 0 Å². The molecule has 1 aliphatic carbocycles. The number of benzene rings is 1. The van der Waals surface area contributed by atoms with Crippen LogP contribution in [0.2, 0.25) is 0 Å². The molecule has 0 spiro atoms. The van der Waals surface area contributed by atoms with Crippen molar-refractivity contribution < 1.29 is 4.74 Å². The second-order valence-corrected chi connectivity index (χ2v) is 7.97. The number of aryl methyl sites for hydroxylation is 1. The van der Waals surface area contributed by atoms with E-state index in [4.69, 9.17) is 4.74 Å². The molecule has 0 saturated carbocycles. The number of fused-ring (bicyclic) bond motifs is 2. The Labute approximate surface area is 141 Å². The summed E-state index contributed by atoms with van der Waals surface area (Å²) in [4.78, 5) is 0. The Kier molecular flexibility index (Phi) is 4.51. The van der Waals surface area contributed by atoms with Gasteiger partial charge in [-0.3, -0.25) is 0 Å². The maximum atomic E-state index is 6.80. The summed E-state index contributed by atoms with van der Waals surface area (Å²) in [6, 6.07) is 8.92. The summed E-state index contributed by atoms with van der Waals surface area (Å²) < 4.78 is 6.80. The number of ether oxygens (including phenoxy) is 1. The fraction of sp³-hybridized carbons (Fsp3) is 0.545. The predicted octanol–water partition coefficient (Wildman–Crippen LogP) is 6.15. The molecule has 0 aromatic heterocycles. The summed E-state index contributed by atoms with van der Waals surface area (Å²) >= 11 is 0. The van der Waals surface area contributed by atoms with Crippen molar-refractivity contribution in [2.75, 3.05) is 0 Å². The van der Waals surface area contributed by atoms with E-state index in [0.717, 1.165) is 12.8 Å². The van der Waals surface area contributed by atoms with Crippen molar-refractivity contribution in [1.82, 2.24) is 0 Å². The van der Waals surface area contributed by atoms with E-state index in [1.807, 2.05) is 0 Å². The van der Waals surface area contributed by atoms with E-state index < -0.39 is 0 Å². The van der Waals surface area contributed by atoms with Crippen molar-refractivity contribution in [2.45, 2.75) is 65.6 Å². The fourth-order valence-electron chi connectivity index (χ4n) is 4.08. The Hall–Kier alpha value is -1.34. The van der Waals surface area contributed by atoms with Crippen LogP contribution in [0.1, 0.15) is 64.2 Å². The highest BCUT2D eigenvalue weighted by Crippen LogP contribution is 2.52. The molecule has 1 saturated heterocycles. The first-order valence-electron chi connectivity index (χ1n) is 8.93. The third-order valence-corrected chi connectivity index (χ3v) is 5.79. The standard InChI is InChI=1S/C22H30O/c1-15(2)12-13-22(5)19-11-8-17(4)20(14-19)21(23-22)18-9-6-16(3)7-10-18/h6-10,12,19-21H,11,13-14H2,1-5H3/t19-,20+,21+,22-/m1/s1. The maximum Gasteiger partial charge on any atom is 0.0897 e. The van der Waals surface area contributed by atoms with Gasteiger partial charge in [-0.2, -0.15) is 0 Å². The van der Waals surface area contributed by atoms with Gasteiger partial charge >= 0.3 is 0 Å². The van der Waals surface area contributed by atoms with Gasteiger partial charge in [-0.05, 0) is 65.4 Å². The molecule has 0 N–H and O–H groups in total. The van der Waals surface area contributed by atoms with E-state index in [-0.39, 0.29) is 11.7 Å². The lowest BCUT2D eigenvalue weighted by Crippen LogP contribution is -2.47. The molecule has 4 atom stereocenters. The SMILES string of the molecule is CC(C)=CC[C@@]1(C)O[C@@H](c2ccc(C)cc2)[C@H]2C[C@H]1CC=C2C. The fourth-order valence-corrected chi connectivity index (χ4v) is 4.08. The van der Waals surface area contributed by atoms with Crippen LogP contribution in [0.3, 0.4) is 0 Å². The Morgan fingerprint density at radius 3 is 2.57 bits per heavy atom. The summed E-state index contributed by atoms with van der Waals surface area (Å²) in [6.07, 6.45) is 8.44. The maximum absolute atomic E-state index is 6.80. The molecule has 1 heteroatoms. The van der Waals surface area contributed by atoms with Crippen LogP contribution >= 0.6 is 0 Å². The topological polar surface area (TPSA) is 9.23 Å². The van der Waals surface area contributed by atoms with Crippen LogP contribution in [0.5, 0.6) is 0 Å². The lowest BCUT2D eigenvalue weighted by Gasteiger charge is -2.51. The van der Waals surface area contributed by atoms with Gasteiger partial charge in [0.1, 0.15) is 0 Å². The van der Waals surface area contributed by atoms with Crippen LogP contribution in [0.15, 0.2) is 47.6 Å². The first-order valence-corrected chi connectivity index (χ1v) is 8.93. The molecule has 1 nitrogen and oxygen atoms in total. The summed E-state index contributed by atoms with van der Waals surface area (Å²) in [5.74, 6) is 1.17. The minimum atomic E-state index is -0.0550. The lowest BCUT2D eigenvalue weighted by atomic mass is 9.67. The first-order chi connectivity index (χ1) is 10.9. The molecule has 2 bridgehead atoms. The minimum absolute atomic E-state index is 0.0550. The summed E-state index contributed by atoms with van der Waals surface area (Å²) in [5, 5.41) is 0. The van der Waals surface area contributed by atoms with Crippen LogP contribution in [0.4, 0.5) is 0 Å². The van der Waals surface area contributed by atoms with Crippen molar-refractivity contribution in [2.24, 2.45) is 11.8 Å². The molecule has 2 aliphatic rings. The second-order valence-electron chi connectivity index (χ2n) is 7.97. The zero-order chi connectivity index (χ0) is 16.6. The number of hydrogen-bond acceptors (Lipinski definition) is 1. The molecule has 0 unspecified atom stereocenters. The van der Waals surface area contributed by atoms with Gasteiger partial charge in [0, 0.05) is 5.92 Å². The summed E-state index contributed by atoms with van der Waals surface area (Å²) in [7, 11) is 0. The zero-order valence-electron chi connectivity index (χ0n) is 15.2. The monoisotopic (exact) mass is 310 g/mol. The van der Waals surface area contributed by atoms with Gasteiger partial charge < -0.3 is 4.74 Å². The zero-order valence-corrected chi connectivity index (χ0v) is 15.2. The smallest absolute Gasteiger partial charge is 0.0897 e. The van der Waals surface area contributed by atoms with Gasteiger partial charge in [0.15, 0.2) is 0 Å². The highest BCUT2D eigenvalue weighted by molar-refractivity contribution is 5.28. The summed E-state index contributed by atoms with van der Waals surface area (Å²) in [6.45, 7) is 11.1. The molecular weight excluding hydrogens is 280 g/mol. The van der Waals surface area contributed by atoms with Gasteiger partial charge in [0.05, 0.1) is 11.7 Å². The second kappa shape index (κ2) is 6.28. The van der Waals surface area contributed by atoms with Crippen LogP contribution < -0.4 is 0 Å². The molecule has 1 aromatic carbocycles. The van der Waals surface area contributed by atoms with Gasteiger partial charge in [-0.25, -0.2) is 0 Å². The molecule has 0 radical (unpaired) electrons. The molecule has 0 amide bonds. The van der Waals surface area contributed by atoms with Crippen LogP contribution in [0.25, 0.3) is 0 Å². The van der Waals surface area contributed by atoms with Crippen molar-refractivity contribution in [3.63, 3.8) is 0 Å². The molecule has 23 heavy (non-hydrogen) atoms. The third kappa shape index (κ3) is 3.30. The first kappa shape index (κ1) is 16.5. The van der Waals surface area contributed by atoms with Crippen molar-refractivity contribution in [3.8, 4) is 0 Å². The molecule has 1 heterocycles. The molecule has 3 rings (SSSR count). The molecular formula is C22H30O. The molecule has 124 valence electrons. The van der Waals surface area contributed by atoms with E-state index >= 15 is 0 Å². The van der Waals surface area contributed by atoms with Crippen LogP contribution in [0, 0.1) is 18.8 Å². The molecule has 1 fully saturated rings. The highest BCUT2D eigenvalue weighted by atomic mass is 16.5. The Balaban J connectivity index is 1.94. The number of hydrogen-bond donors (Lipinski definition) is 0. The van der Waals surface area contributed by atoms with E-state index in [1.54, 1.807) is 0 Å². The Bertz CT molecular complexity index is 618. The van der Waals surface area contributed by atoms with E-state index in [2.05, 4.69) is 71.0 Å². The van der Waals surface area contributed by atoms with Crippen molar-refractivity contribution >= 4 is 0 Å². The molecule has 1 aliphatic heterocycles. The van der Waals surface area contributed by atoms with E-state index in [1.165, 1.54) is 28.7 Å². The summed E-state index contributed by atoms with van der Waals surface area (Å²) in [5.41, 5.74) is 5.48. The van der Waals surface area contributed by atoms with E-state index in [0.29, 0.717) is 11.8 Å². The van der Waals surface area contributed by atoms with Gasteiger partial charge in [0.2, 0.25) is 0 Å². The highest BCUT2D eigenvalue weighted by Gasteiger charge is 2.47. The van der Waals surface area contributed by atoms with Crippen LogP contribution in [-0.2, 0) is 4.74 Å². The van der Waals surface area contributed by atoms with Gasteiger partial charge in [-0.1, -0.05) is 53.1 Å². The van der Waals surface area contributed by atoms with Gasteiger partial charge in [0.25, 0.3) is 0 Å². The average molecular weight is 310 g/mol. The van der Waals surface area contributed by atoms with Crippen LogP contribution in [-0.4, -0.2) is 5.60 Å². The van der Waals surface area contributed by atoms with Crippen molar-refractivity contribution in [3.05, 3.63) is 58.7 Å². The largest absolute Gasteiger partial charge is 0.366 e. The van der Waals surface area contributed by atoms with E-state index in [9.17, 15) is 0 Å². The average Bonchev–Trinajstić information content (AvgIpc) is 2.52. The molecule has 1 aromatic rings. The number of allylic oxidation sites excluding steroid dienone is 2. The third-order valence-electron chi connectivity index (χ3n) is 5.79. The quantitative estimate of drug-likeness (QED) is 0.608. The predicted molar refractivity (Wildman–Crippen MR) is 97.4 cm³/mol. The minimum Gasteiger partial charge on any atom is -0.366 e. The Morgan fingerprint density at radius 2 is 1.91 bits per heavy atom. The normalized spacial score (nSPS) is 33.1. The Morgan fingerprint density at radius 1 is 1.22 bits per heavy atom. The lowest BCUT2D eigenvalue weighted by molar-refractivity contribution is -0.175. The van der Waals surface area contributed by atoms with Crippen molar-refractivity contribution in [1.29, 1.82) is 0 Å². The number of rotatable bonds is 3.